The minimum atomic E-state index is -3.82. The van der Waals surface area contributed by atoms with E-state index in [1.165, 1.54) is 12.1 Å². The molecule has 0 fully saturated rings. The standard InChI is InChI=1S/C8H12N4O3S/c9-5-8(13)11-6-2-1-3-7(4-6)12-16(10,14)15/h1-4,12H,5,9H2,(H,11,13)(H2,10,14,15). The summed E-state index contributed by atoms with van der Waals surface area (Å²) in [4.78, 5) is 11.0. The van der Waals surface area contributed by atoms with E-state index in [0.717, 1.165) is 0 Å². The van der Waals surface area contributed by atoms with Gasteiger partial charge in [-0.3, -0.25) is 9.52 Å². The predicted molar refractivity (Wildman–Crippen MR) is 60.9 cm³/mol. The van der Waals surface area contributed by atoms with Crippen molar-refractivity contribution in [1.29, 1.82) is 0 Å². The second-order valence-electron chi connectivity index (χ2n) is 2.98. The van der Waals surface area contributed by atoms with Crippen LogP contribution >= 0.6 is 0 Å². The molecule has 6 N–H and O–H groups in total. The molecule has 0 aromatic heterocycles. The Morgan fingerprint density at radius 1 is 1.31 bits per heavy atom. The molecule has 0 heterocycles. The van der Waals surface area contributed by atoms with Gasteiger partial charge in [-0.2, -0.15) is 8.42 Å². The Labute approximate surface area is 93.0 Å². The fraction of sp³-hybridized carbons (Fsp3) is 0.125. The topological polar surface area (TPSA) is 127 Å². The van der Waals surface area contributed by atoms with Crippen molar-refractivity contribution in [2.75, 3.05) is 16.6 Å². The number of nitrogens with one attached hydrogen (secondary N) is 2. The monoisotopic (exact) mass is 244 g/mol. The molecule has 0 saturated heterocycles. The molecule has 1 rings (SSSR count). The van der Waals surface area contributed by atoms with Crippen molar-refractivity contribution in [3.8, 4) is 0 Å². The van der Waals surface area contributed by atoms with Gasteiger partial charge in [-0.15, -0.1) is 0 Å². The summed E-state index contributed by atoms with van der Waals surface area (Å²) in [6.45, 7) is -0.146. The fourth-order valence-electron chi connectivity index (χ4n) is 1.04. The van der Waals surface area contributed by atoms with E-state index in [-0.39, 0.29) is 18.1 Å². The first kappa shape index (κ1) is 12.4. The average molecular weight is 244 g/mol. The summed E-state index contributed by atoms with van der Waals surface area (Å²) >= 11 is 0. The molecule has 0 aliphatic rings. The third-order valence-corrected chi connectivity index (χ3v) is 2.11. The van der Waals surface area contributed by atoms with Crippen LogP contribution in [-0.2, 0) is 15.0 Å². The number of benzene rings is 1. The van der Waals surface area contributed by atoms with Crippen LogP contribution in [0.5, 0.6) is 0 Å². The summed E-state index contributed by atoms with van der Waals surface area (Å²) in [6.07, 6.45) is 0. The maximum atomic E-state index is 11.0. The number of carbonyl (C=O) groups is 1. The Kier molecular flexibility index (Phi) is 3.82. The average Bonchev–Trinajstić information content (AvgIpc) is 2.15. The Bertz CT molecular complexity index is 486. The molecular weight excluding hydrogens is 232 g/mol. The van der Waals surface area contributed by atoms with E-state index in [1.54, 1.807) is 12.1 Å². The summed E-state index contributed by atoms with van der Waals surface area (Å²) in [6, 6.07) is 6.10. The van der Waals surface area contributed by atoms with E-state index in [0.29, 0.717) is 5.69 Å². The fourth-order valence-corrected chi connectivity index (χ4v) is 1.49. The molecule has 7 nitrogen and oxygen atoms in total. The van der Waals surface area contributed by atoms with E-state index >= 15 is 0 Å². The lowest BCUT2D eigenvalue weighted by atomic mass is 10.3. The number of rotatable bonds is 4. The lowest BCUT2D eigenvalue weighted by molar-refractivity contribution is -0.114. The van der Waals surface area contributed by atoms with Crippen molar-refractivity contribution in [2.24, 2.45) is 10.9 Å². The van der Waals surface area contributed by atoms with E-state index in [2.05, 4.69) is 10.0 Å². The largest absolute Gasteiger partial charge is 0.325 e. The zero-order valence-electron chi connectivity index (χ0n) is 8.30. The zero-order chi connectivity index (χ0) is 12.2. The molecule has 0 radical (unpaired) electrons. The molecule has 0 aliphatic heterocycles. The summed E-state index contributed by atoms with van der Waals surface area (Å²) in [5, 5.41) is 7.28. The lowest BCUT2D eigenvalue weighted by Gasteiger charge is -2.07. The van der Waals surface area contributed by atoms with Gasteiger partial charge in [-0.1, -0.05) is 6.07 Å². The maximum absolute atomic E-state index is 11.0. The molecule has 1 aromatic rings. The first-order valence-corrected chi connectivity index (χ1v) is 5.86. The van der Waals surface area contributed by atoms with Crippen LogP contribution < -0.4 is 20.9 Å². The molecule has 0 spiro atoms. The molecule has 88 valence electrons. The summed E-state index contributed by atoms with van der Waals surface area (Å²) in [5.74, 6) is -0.368. The first-order valence-electron chi connectivity index (χ1n) is 4.31. The van der Waals surface area contributed by atoms with Gasteiger partial charge in [-0.05, 0) is 18.2 Å². The van der Waals surface area contributed by atoms with Crippen LogP contribution in [0.25, 0.3) is 0 Å². The first-order chi connectivity index (χ1) is 7.40. The Hall–Kier alpha value is -1.64. The zero-order valence-corrected chi connectivity index (χ0v) is 9.12. The van der Waals surface area contributed by atoms with Crippen LogP contribution in [0, 0.1) is 0 Å². The molecule has 0 aliphatic carbocycles. The normalized spacial score (nSPS) is 10.9. The number of amides is 1. The molecule has 0 saturated carbocycles. The smallest absolute Gasteiger partial charge is 0.296 e. The van der Waals surface area contributed by atoms with Crippen LogP contribution in [0.15, 0.2) is 24.3 Å². The highest BCUT2D eigenvalue weighted by atomic mass is 32.2. The molecule has 16 heavy (non-hydrogen) atoms. The van der Waals surface area contributed by atoms with Gasteiger partial charge < -0.3 is 11.1 Å². The molecule has 0 bridgehead atoms. The maximum Gasteiger partial charge on any atom is 0.296 e. The highest BCUT2D eigenvalue weighted by Crippen LogP contribution is 2.15. The summed E-state index contributed by atoms with van der Waals surface area (Å²) in [7, 11) is -3.82. The van der Waals surface area contributed by atoms with Crippen molar-refractivity contribution in [3.63, 3.8) is 0 Å². The van der Waals surface area contributed by atoms with Crippen molar-refractivity contribution < 1.29 is 13.2 Å². The van der Waals surface area contributed by atoms with Crippen molar-refractivity contribution in [3.05, 3.63) is 24.3 Å². The second-order valence-corrected chi connectivity index (χ2v) is 4.27. The van der Waals surface area contributed by atoms with Gasteiger partial charge in [0.2, 0.25) is 5.91 Å². The second kappa shape index (κ2) is 4.92. The minimum Gasteiger partial charge on any atom is -0.325 e. The molecular formula is C8H12N4O3S. The SMILES string of the molecule is NCC(=O)Nc1cccc(NS(N)(=O)=O)c1. The van der Waals surface area contributed by atoms with Gasteiger partial charge in [0.1, 0.15) is 0 Å². The number of anilines is 2. The summed E-state index contributed by atoms with van der Waals surface area (Å²) < 4.78 is 23.6. The van der Waals surface area contributed by atoms with Gasteiger partial charge in [0.15, 0.2) is 0 Å². The van der Waals surface area contributed by atoms with E-state index in [1.807, 2.05) is 0 Å². The molecule has 1 aromatic carbocycles. The minimum absolute atomic E-state index is 0.146. The van der Waals surface area contributed by atoms with E-state index in [4.69, 9.17) is 10.9 Å². The van der Waals surface area contributed by atoms with Crippen LogP contribution in [0.2, 0.25) is 0 Å². The highest BCUT2D eigenvalue weighted by molar-refractivity contribution is 7.90. The molecule has 0 atom stereocenters. The van der Waals surface area contributed by atoms with Gasteiger partial charge >= 0.3 is 0 Å². The number of hydrogen-bond acceptors (Lipinski definition) is 4. The van der Waals surface area contributed by atoms with Gasteiger partial charge in [0, 0.05) is 5.69 Å². The predicted octanol–water partition coefficient (Wildman–Crippen LogP) is -0.801. The number of hydrogen-bond donors (Lipinski definition) is 4. The van der Waals surface area contributed by atoms with E-state index in [9.17, 15) is 13.2 Å². The van der Waals surface area contributed by atoms with Crippen molar-refractivity contribution in [1.82, 2.24) is 0 Å². The highest BCUT2D eigenvalue weighted by Gasteiger charge is 2.04. The van der Waals surface area contributed by atoms with Crippen molar-refractivity contribution in [2.45, 2.75) is 0 Å². The van der Waals surface area contributed by atoms with Crippen LogP contribution in [-0.4, -0.2) is 20.9 Å². The Balaban J connectivity index is 2.83. The number of carbonyl (C=O) groups excluding carboxylic acids is 1. The Morgan fingerprint density at radius 3 is 2.50 bits per heavy atom. The lowest BCUT2D eigenvalue weighted by Crippen LogP contribution is -2.23. The summed E-state index contributed by atoms with van der Waals surface area (Å²) in [5.41, 5.74) is 5.81. The Morgan fingerprint density at radius 2 is 1.94 bits per heavy atom. The van der Waals surface area contributed by atoms with E-state index < -0.39 is 10.2 Å². The van der Waals surface area contributed by atoms with Crippen LogP contribution in [0.1, 0.15) is 0 Å². The molecule has 1 amide bonds. The van der Waals surface area contributed by atoms with Crippen LogP contribution in [0.3, 0.4) is 0 Å². The van der Waals surface area contributed by atoms with Gasteiger partial charge in [0.25, 0.3) is 10.2 Å². The van der Waals surface area contributed by atoms with Gasteiger partial charge in [0.05, 0.1) is 12.2 Å². The molecule has 0 unspecified atom stereocenters. The third-order valence-electron chi connectivity index (χ3n) is 1.59. The third kappa shape index (κ3) is 4.26. The van der Waals surface area contributed by atoms with Crippen LogP contribution in [0.4, 0.5) is 11.4 Å². The van der Waals surface area contributed by atoms with Crippen molar-refractivity contribution >= 4 is 27.5 Å². The molecule has 8 heteroatoms. The van der Waals surface area contributed by atoms with Gasteiger partial charge in [-0.25, -0.2) is 5.14 Å². The number of nitrogens with two attached hydrogens (primary N) is 2. The quantitative estimate of drug-likeness (QED) is 0.552.